The van der Waals surface area contributed by atoms with Crippen LogP contribution < -0.4 is 4.72 Å². The molecule has 4 nitrogen and oxygen atoms in total. The molecule has 0 radical (unpaired) electrons. The van der Waals surface area contributed by atoms with Crippen LogP contribution in [0.5, 0.6) is 0 Å². The van der Waals surface area contributed by atoms with Crippen LogP contribution in [0.25, 0.3) is 0 Å². The summed E-state index contributed by atoms with van der Waals surface area (Å²) in [4.78, 5) is -0.644. The normalized spacial score (nSPS) is 11.8. The number of hydrogen-bond acceptors (Lipinski definition) is 3. The number of nitrogens with one attached hydrogen (secondary N) is 1. The summed E-state index contributed by atoms with van der Waals surface area (Å²) in [6, 6.07) is 1.68. The quantitative estimate of drug-likeness (QED) is 0.755. The molecule has 7 heteroatoms. The van der Waals surface area contributed by atoms with E-state index >= 15 is 0 Å². The van der Waals surface area contributed by atoms with E-state index in [0.29, 0.717) is 6.42 Å². The molecule has 0 atom stereocenters. The number of halogens is 2. The zero-order valence-corrected chi connectivity index (χ0v) is 11.4. The fraction of sp³-hybridized carbons (Fsp3) is 0.500. The predicted molar refractivity (Wildman–Crippen MR) is 67.0 cm³/mol. The minimum absolute atomic E-state index is 0.196. The monoisotopic (exact) mass is 293 g/mol. The minimum atomic E-state index is -4.02. The Hall–Kier alpha value is -1.05. The molecule has 0 aliphatic rings. The van der Waals surface area contributed by atoms with Crippen molar-refractivity contribution in [3.05, 3.63) is 29.3 Å². The Morgan fingerprint density at radius 3 is 2.53 bits per heavy atom. The second-order valence-electron chi connectivity index (χ2n) is 4.10. The van der Waals surface area contributed by atoms with Crippen LogP contribution in [0.2, 0.25) is 0 Å². The van der Waals surface area contributed by atoms with E-state index in [1.54, 1.807) is 0 Å². The molecule has 0 spiro atoms. The second kappa shape index (κ2) is 6.93. The maximum atomic E-state index is 13.8. The van der Waals surface area contributed by atoms with Crippen LogP contribution in [-0.4, -0.2) is 20.1 Å². The van der Waals surface area contributed by atoms with Crippen LogP contribution in [0.1, 0.15) is 31.7 Å². The summed E-state index contributed by atoms with van der Waals surface area (Å²) in [5, 5.41) is 8.84. The maximum absolute atomic E-state index is 13.8. The minimum Gasteiger partial charge on any atom is -0.391 e. The lowest BCUT2D eigenvalue weighted by Crippen LogP contribution is -2.26. The Labute approximate surface area is 111 Å². The van der Waals surface area contributed by atoms with Crippen molar-refractivity contribution in [2.45, 2.75) is 37.7 Å². The number of aliphatic hydroxyl groups excluding tert-OH is 1. The Kier molecular flexibility index (Phi) is 5.84. The number of rotatable bonds is 7. The average molecular weight is 293 g/mol. The molecule has 0 aromatic heterocycles. The topological polar surface area (TPSA) is 66.4 Å². The average Bonchev–Trinajstić information content (AvgIpc) is 2.35. The Morgan fingerprint density at radius 1 is 1.26 bits per heavy atom. The molecule has 0 aliphatic carbocycles. The first-order chi connectivity index (χ1) is 8.94. The highest BCUT2D eigenvalue weighted by Crippen LogP contribution is 2.20. The molecule has 0 fully saturated rings. The van der Waals surface area contributed by atoms with Gasteiger partial charge in [-0.2, -0.15) is 0 Å². The van der Waals surface area contributed by atoms with Gasteiger partial charge in [0.25, 0.3) is 0 Å². The van der Waals surface area contributed by atoms with Gasteiger partial charge in [-0.1, -0.05) is 19.8 Å². The molecule has 0 heterocycles. The van der Waals surface area contributed by atoms with Crippen LogP contribution in [-0.2, 0) is 16.6 Å². The van der Waals surface area contributed by atoms with Gasteiger partial charge >= 0.3 is 0 Å². The molecule has 0 aliphatic heterocycles. The van der Waals surface area contributed by atoms with Crippen molar-refractivity contribution in [2.75, 3.05) is 6.54 Å². The summed E-state index contributed by atoms with van der Waals surface area (Å²) < 4.78 is 52.9. The number of benzene rings is 1. The molecule has 19 heavy (non-hydrogen) atoms. The molecule has 108 valence electrons. The van der Waals surface area contributed by atoms with Gasteiger partial charge in [0, 0.05) is 6.54 Å². The van der Waals surface area contributed by atoms with Crippen molar-refractivity contribution in [3.63, 3.8) is 0 Å². The third-order valence-electron chi connectivity index (χ3n) is 2.67. The Morgan fingerprint density at radius 2 is 1.95 bits per heavy atom. The lowest BCUT2D eigenvalue weighted by atomic mass is 10.2. The molecular formula is C12H17F2NO3S. The van der Waals surface area contributed by atoms with Crippen molar-refractivity contribution in [3.8, 4) is 0 Å². The molecular weight excluding hydrogens is 276 g/mol. The highest BCUT2D eigenvalue weighted by molar-refractivity contribution is 7.89. The molecule has 0 saturated heterocycles. The Bertz CT molecular complexity index is 532. The summed E-state index contributed by atoms with van der Waals surface area (Å²) in [6.45, 7) is 1.28. The fourth-order valence-corrected chi connectivity index (χ4v) is 2.76. The maximum Gasteiger partial charge on any atom is 0.243 e. The van der Waals surface area contributed by atoms with E-state index in [1.165, 1.54) is 0 Å². The lowest BCUT2D eigenvalue weighted by Gasteiger charge is -2.10. The molecule has 1 aromatic carbocycles. The van der Waals surface area contributed by atoms with Gasteiger partial charge in [-0.25, -0.2) is 21.9 Å². The summed E-state index contributed by atoms with van der Waals surface area (Å²) >= 11 is 0. The molecule has 0 amide bonds. The summed E-state index contributed by atoms with van der Waals surface area (Å²) in [5.74, 6) is -2.21. The van der Waals surface area contributed by atoms with Crippen molar-refractivity contribution in [1.29, 1.82) is 0 Å². The smallest absolute Gasteiger partial charge is 0.243 e. The van der Waals surface area contributed by atoms with Gasteiger partial charge in [0.2, 0.25) is 10.0 Å². The first-order valence-corrected chi connectivity index (χ1v) is 7.49. The van der Waals surface area contributed by atoms with Gasteiger partial charge in [-0.15, -0.1) is 0 Å². The van der Waals surface area contributed by atoms with Crippen LogP contribution in [0.4, 0.5) is 8.78 Å². The van der Waals surface area contributed by atoms with Gasteiger partial charge < -0.3 is 5.11 Å². The van der Waals surface area contributed by atoms with Gasteiger partial charge in [-0.3, -0.25) is 0 Å². The second-order valence-corrected chi connectivity index (χ2v) is 5.84. The molecule has 0 unspecified atom stereocenters. The van der Waals surface area contributed by atoms with E-state index in [-0.39, 0.29) is 6.54 Å². The highest BCUT2D eigenvalue weighted by atomic mass is 32.2. The van der Waals surface area contributed by atoms with E-state index in [9.17, 15) is 17.2 Å². The van der Waals surface area contributed by atoms with Crippen molar-refractivity contribution < 1.29 is 22.3 Å². The van der Waals surface area contributed by atoms with Crippen LogP contribution in [0, 0.1) is 11.6 Å². The van der Waals surface area contributed by atoms with Crippen molar-refractivity contribution in [1.82, 2.24) is 4.72 Å². The van der Waals surface area contributed by atoms with E-state index in [0.717, 1.165) is 25.0 Å². The number of hydrogen-bond donors (Lipinski definition) is 2. The van der Waals surface area contributed by atoms with Crippen LogP contribution in [0.3, 0.4) is 0 Å². The zero-order valence-electron chi connectivity index (χ0n) is 10.6. The van der Waals surface area contributed by atoms with Crippen molar-refractivity contribution >= 4 is 10.0 Å². The zero-order chi connectivity index (χ0) is 14.5. The predicted octanol–water partition coefficient (Wildman–Crippen LogP) is 1.93. The molecule has 0 bridgehead atoms. The fourth-order valence-electron chi connectivity index (χ4n) is 1.59. The molecule has 1 rings (SSSR count). The standard InChI is InChI=1S/C12H17F2NO3S/c1-2-3-4-7-15-19(17,18)11-6-5-10(13)9(8-16)12(11)14/h5-6,15-16H,2-4,7-8H2,1H3. The number of aliphatic hydroxyl groups is 1. The largest absolute Gasteiger partial charge is 0.391 e. The van der Waals surface area contributed by atoms with Crippen LogP contribution in [0.15, 0.2) is 17.0 Å². The van der Waals surface area contributed by atoms with Gasteiger partial charge in [-0.05, 0) is 18.6 Å². The van der Waals surface area contributed by atoms with Crippen molar-refractivity contribution in [2.24, 2.45) is 0 Å². The van der Waals surface area contributed by atoms with Gasteiger partial charge in [0.15, 0.2) is 5.82 Å². The first kappa shape index (κ1) is 16.0. The third kappa shape index (κ3) is 3.95. The Balaban J connectivity index is 2.96. The highest BCUT2D eigenvalue weighted by Gasteiger charge is 2.22. The van der Waals surface area contributed by atoms with Gasteiger partial charge in [0.1, 0.15) is 10.7 Å². The molecule has 2 N–H and O–H groups in total. The summed E-state index contributed by atoms with van der Waals surface area (Å²) in [5.41, 5.74) is -0.642. The molecule has 0 saturated carbocycles. The third-order valence-corrected chi connectivity index (χ3v) is 4.15. The van der Waals surface area contributed by atoms with Gasteiger partial charge in [0.05, 0.1) is 12.2 Å². The summed E-state index contributed by atoms with van der Waals surface area (Å²) in [7, 11) is -4.02. The van der Waals surface area contributed by atoms with E-state index in [4.69, 9.17) is 5.11 Å². The number of sulfonamides is 1. The first-order valence-electron chi connectivity index (χ1n) is 6.01. The summed E-state index contributed by atoms with van der Waals surface area (Å²) in [6.07, 6.45) is 2.43. The van der Waals surface area contributed by atoms with E-state index in [1.807, 2.05) is 6.92 Å². The van der Waals surface area contributed by atoms with E-state index in [2.05, 4.69) is 4.72 Å². The lowest BCUT2D eigenvalue weighted by molar-refractivity contribution is 0.267. The van der Waals surface area contributed by atoms with Crippen LogP contribution >= 0.6 is 0 Å². The number of unbranched alkanes of at least 4 members (excludes halogenated alkanes) is 2. The van der Waals surface area contributed by atoms with E-state index < -0.39 is 38.7 Å². The molecule has 1 aromatic rings. The SMILES string of the molecule is CCCCCNS(=O)(=O)c1ccc(F)c(CO)c1F.